The number of carbonyl (C=O) groups is 1. The third-order valence-electron chi connectivity index (χ3n) is 5.26. The number of rotatable bonds is 9. The van der Waals surface area contributed by atoms with Crippen molar-refractivity contribution in [3.05, 3.63) is 59.9 Å². The molecule has 0 aliphatic carbocycles. The number of amides is 1. The van der Waals surface area contributed by atoms with Crippen LogP contribution in [0.1, 0.15) is 35.7 Å². The Kier molecular flexibility index (Phi) is 7.92. The van der Waals surface area contributed by atoms with Crippen molar-refractivity contribution in [2.75, 3.05) is 39.0 Å². The first kappa shape index (κ1) is 20.9. The highest BCUT2D eigenvalue weighted by Gasteiger charge is 2.23. The van der Waals surface area contributed by atoms with Crippen LogP contribution in [0.25, 0.3) is 0 Å². The lowest BCUT2D eigenvalue weighted by Gasteiger charge is -2.17. The highest BCUT2D eigenvalue weighted by molar-refractivity contribution is 7.99. The van der Waals surface area contributed by atoms with Gasteiger partial charge in [0.25, 0.3) is 5.91 Å². The minimum atomic E-state index is 0.0715. The Labute approximate surface area is 173 Å². The number of hydrogen-bond donors (Lipinski definition) is 0. The SMILES string of the molecule is CCCN(C)C(=O)c1cncc(CC2CCN(CCSc3ccccc3)C2)c1. The standard InChI is InChI=1S/C23H31N3OS/c1-3-10-25(2)23(27)21-15-20(16-24-17-21)14-19-9-11-26(18-19)12-13-28-22-7-5-4-6-8-22/h4-8,15-17,19H,3,9-14,18H2,1-2H3. The first-order valence-corrected chi connectivity index (χ1v) is 11.2. The fourth-order valence-electron chi connectivity index (χ4n) is 3.80. The number of carbonyl (C=O) groups excluding carboxylic acids is 1. The summed E-state index contributed by atoms with van der Waals surface area (Å²) in [6, 6.07) is 12.7. The number of aromatic nitrogens is 1. The molecular weight excluding hydrogens is 366 g/mol. The van der Waals surface area contributed by atoms with Gasteiger partial charge in [0, 0.05) is 49.7 Å². The predicted molar refractivity (Wildman–Crippen MR) is 117 cm³/mol. The molecule has 0 N–H and O–H groups in total. The number of hydrogen-bond acceptors (Lipinski definition) is 4. The van der Waals surface area contributed by atoms with E-state index < -0.39 is 0 Å². The molecule has 1 saturated heterocycles. The van der Waals surface area contributed by atoms with E-state index in [1.54, 1.807) is 11.1 Å². The van der Waals surface area contributed by atoms with Crippen molar-refractivity contribution in [3.63, 3.8) is 0 Å². The molecule has 5 heteroatoms. The largest absolute Gasteiger partial charge is 0.342 e. The molecule has 1 aliphatic rings. The van der Waals surface area contributed by atoms with Crippen LogP contribution in [0.5, 0.6) is 0 Å². The first-order valence-electron chi connectivity index (χ1n) is 10.2. The van der Waals surface area contributed by atoms with E-state index in [9.17, 15) is 4.79 Å². The molecule has 2 heterocycles. The second-order valence-electron chi connectivity index (χ2n) is 7.63. The highest BCUT2D eigenvalue weighted by Crippen LogP contribution is 2.23. The summed E-state index contributed by atoms with van der Waals surface area (Å²) >= 11 is 1.93. The maximum Gasteiger partial charge on any atom is 0.255 e. The molecule has 2 aromatic rings. The molecule has 1 amide bonds. The normalized spacial score (nSPS) is 17.0. The Morgan fingerprint density at radius 3 is 2.89 bits per heavy atom. The van der Waals surface area contributed by atoms with Gasteiger partial charge < -0.3 is 9.80 Å². The smallest absolute Gasteiger partial charge is 0.255 e. The molecule has 28 heavy (non-hydrogen) atoms. The average molecular weight is 398 g/mol. The van der Waals surface area contributed by atoms with Crippen LogP contribution in [0.3, 0.4) is 0 Å². The number of likely N-dealkylation sites (tertiary alicyclic amines) is 1. The molecule has 1 atom stereocenters. The zero-order valence-corrected chi connectivity index (χ0v) is 17.8. The van der Waals surface area contributed by atoms with E-state index in [-0.39, 0.29) is 5.91 Å². The Morgan fingerprint density at radius 2 is 2.11 bits per heavy atom. The third kappa shape index (κ3) is 6.08. The van der Waals surface area contributed by atoms with E-state index in [0.717, 1.165) is 38.2 Å². The van der Waals surface area contributed by atoms with Gasteiger partial charge in [-0.15, -0.1) is 11.8 Å². The lowest BCUT2D eigenvalue weighted by Crippen LogP contribution is -2.27. The van der Waals surface area contributed by atoms with Gasteiger partial charge in [-0.3, -0.25) is 9.78 Å². The van der Waals surface area contributed by atoms with Gasteiger partial charge in [-0.1, -0.05) is 25.1 Å². The van der Waals surface area contributed by atoms with E-state index in [2.05, 4.69) is 47.1 Å². The molecule has 0 spiro atoms. The molecule has 1 aromatic heterocycles. The van der Waals surface area contributed by atoms with Gasteiger partial charge in [-0.2, -0.15) is 0 Å². The molecule has 1 unspecified atom stereocenters. The van der Waals surface area contributed by atoms with E-state index in [1.165, 1.54) is 23.4 Å². The third-order valence-corrected chi connectivity index (χ3v) is 6.25. The van der Waals surface area contributed by atoms with Gasteiger partial charge >= 0.3 is 0 Å². The Balaban J connectivity index is 1.46. The second kappa shape index (κ2) is 10.6. The Morgan fingerprint density at radius 1 is 1.29 bits per heavy atom. The fraction of sp³-hybridized carbons (Fsp3) is 0.478. The van der Waals surface area contributed by atoms with Crippen molar-refractivity contribution in [3.8, 4) is 0 Å². The summed E-state index contributed by atoms with van der Waals surface area (Å²) in [5.74, 6) is 1.86. The monoisotopic (exact) mass is 397 g/mol. The molecule has 4 nitrogen and oxygen atoms in total. The molecule has 3 rings (SSSR count). The summed E-state index contributed by atoms with van der Waals surface area (Å²) in [4.78, 5) is 22.5. The zero-order valence-electron chi connectivity index (χ0n) is 17.0. The van der Waals surface area contributed by atoms with Gasteiger partial charge in [-0.25, -0.2) is 0 Å². The fourth-order valence-corrected chi connectivity index (χ4v) is 4.73. The lowest BCUT2D eigenvalue weighted by atomic mass is 9.99. The number of thioether (sulfide) groups is 1. The lowest BCUT2D eigenvalue weighted by molar-refractivity contribution is 0.0794. The number of nitrogens with zero attached hydrogens (tertiary/aromatic N) is 3. The van der Waals surface area contributed by atoms with Crippen LogP contribution in [0.4, 0.5) is 0 Å². The van der Waals surface area contributed by atoms with Gasteiger partial charge in [0.05, 0.1) is 5.56 Å². The summed E-state index contributed by atoms with van der Waals surface area (Å²) < 4.78 is 0. The van der Waals surface area contributed by atoms with Crippen molar-refractivity contribution in [2.24, 2.45) is 5.92 Å². The van der Waals surface area contributed by atoms with Crippen LogP contribution in [0.15, 0.2) is 53.7 Å². The maximum absolute atomic E-state index is 12.5. The predicted octanol–water partition coefficient (Wildman–Crippen LogP) is 4.22. The summed E-state index contributed by atoms with van der Waals surface area (Å²) in [5.41, 5.74) is 1.89. The van der Waals surface area contributed by atoms with Crippen LogP contribution in [0, 0.1) is 5.92 Å². The Bertz CT molecular complexity index is 753. The maximum atomic E-state index is 12.5. The van der Waals surface area contributed by atoms with Crippen molar-refractivity contribution in [1.82, 2.24) is 14.8 Å². The van der Waals surface area contributed by atoms with Crippen LogP contribution in [-0.2, 0) is 6.42 Å². The summed E-state index contributed by atoms with van der Waals surface area (Å²) in [5, 5.41) is 0. The van der Waals surface area contributed by atoms with E-state index >= 15 is 0 Å². The molecule has 0 saturated carbocycles. The van der Waals surface area contributed by atoms with Gasteiger partial charge in [0.2, 0.25) is 0 Å². The summed E-state index contributed by atoms with van der Waals surface area (Å²) in [6.07, 6.45) is 6.82. The van der Waals surface area contributed by atoms with Gasteiger partial charge in [0.1, 0.15) is 0 Å². The highest BCUT2D eigenvalue weighted by atomic mass is 32.2. The minimum absolute atomic E-state index is 0.0715. The summed E-state index contributed by atoms with van der Waals surface area (Å²) in [6.45, 7) is 6.31. The molecule has 150 valence electrons. The minimum Gasteiger partial charge on any atom is -0.342 e. The van der Waals surface area contributed by atoms with E-state index in [4.69, 9.17) is 0 Å². The van der Waals surface area contributed by atoms with Crippen molar-refractivity contribution in [2.45, 2.75) is 31.1 Å². The van der Waals surface area contributed by atoms with Crippen LogP contribution in [-0.4, -0.2) is 59.7 Å². The topological polar surface area (TPSA) is 36.4 Å². The Hall–Kier alpha value is -1.85. The van der Waals surface area contributed by atoms with E-state index in [1.807, 2.05) is 31.1 Å². The molecular formula is C23H31N3OS. The van der Waals surface area contributed by atoms with Crippen LogP contribution < -0.4 is 0 Å². The number of benzene rings is 1. The van der Waals surface area contributed by atoms with Gasteiger partial charge in [0.15, 0.2) is 0 Å². The average Bonchev–Trinajstić information content (AvgIpc) is 3.16. The number of pyridine rings is 1. The molecule has 1 aromatic carbocycles. The summed E-state index contributed by atoms with van der Waals surface area (Å²) in [7, 11) is 1.86. The van der Waals surface area contributed by atoms with Crippen LogP contribution >= 0.6 is 11.8 Å². The van der Waals surface area contributed by atoms with Crippen molar-refractivity contribution in [1.29, 1.82) is 0 Å². The van der Waals surface area contributed by atoms with Crippen molar-refractivity contribution < 1.29 is 4.79 Å². The quantitative estimate of drug-likeness (QED) is 0.594. The van der Waals surface area contributed by atoms with Crippen LogP contribution in [0.2, 0.25) is 0 Å². The zero-order chi connectivity index (χ0) is 19.8. The molecule has 1 aliphatic heterocycles. The molecule has 0 bridgehead atoms. The van der Waals surface area contributed by atoms with Crippen molar-refractivity contribution >= 4 is 17.7 Å². The van der Waals surface area contributed by atoms with Gasteiger partial charge in [-0.05, 0) is 55.5 Å². The second-order valence-corrected chi connectivity index (χ2v) is 8.80. The first-order chi connectivity index (χ1) is 13.7. The molecule has 0 radical (unpaired) electrons. The molecule has 1 fully saturated rings. The van der Waals surface area contributed by atoms with E-state index in [0.29, 0.717) is 11.5 Å².